The molecule has 1 N–H and O–H groups in total. The maximum Gasteiger partial charge on any atom is 0.274 e. The summed E-state index contributed by atoms with van der Waals surface area (Å²) in [5.41, 5.74) is 4.25. The molecule has 1 aromatic heterocycles. The fraction of sp³-hybridized carbons (Fsp3) is 0.250. The third-order valence-electron chi connectivity index (χ3n) is 2.77. The van der Waals surface area contributed by atoms with Gasteiger partial charge in [-0.2, -0.15) is 0 Å². The highest BCUT2D eigenvalue weighted by molar-refractivity contribution is 7.07. The molecule has 5 nitrogen and oxygen atoms in total. The van der Waals surface area contributed by atoms with Crippen LogP contribution in [0.5, 0.6) is 0 Å². The van der Waals surface area contributed by atoms with E-state index in [0.29, 0.717) is 5.56 Å². The zero-order valence-electron chi connectivity index (χ0n) is 10.1. The molecule has 0 radical (unpaired) electrons. The predicted molar refractivity (Wildman–Crippen MR) is 72.0 cm³/mol. The van der Waals surface area contributed by atoms with Crippen molar-refractivity contribution < 1.29 is 4.92 Å². The van der Waals surface area contributed by atoms with E-state index in [9.17, 15) is 10.1 Å². The van der Waals surface area contributed by atoms with Crippen molar-refractivity contribution in [1.29, 1.82) is 0 Å². The third kappa shape index (κ3) is 2.48. The molecule has 0 fully saturated rings. The molecule has 1 aromatic carbocycles. The normalized spacial score (nSPS) is 12.1. The molecule has 0 spiro atoms. The van der Waals surface area contributed by atoms with Gasteiger partial charge in [0, 0.05) is 22.7 Å². The van der Waals surface area contributed by atoms with Crippen molar-refractivity contribution >= 4 is 22.7 Å². The van der Waals surface area contributed by atoms with Crippen LogP contribution in [0.15, 0.2) is 29.1 Å². The molecule has 0 amide bonds. The van der Waals surface area contributed by atoms with E-state index in [2.05, 4.69) is 10.3 Å². The Balaban J connectivity index is 2.24. The number of nitrogens with one attached hydrogen (secondary N) is 1. The first-order chi connectivity index (χ1) is 8.59. The van der Waals surface area contributed by atoms with Gasteiger partial charge in [0.1, 0.15) is 0 Å². The van der Waals surface area contributed by atoms with Gasteiger partial charge in [-0.05, 0) is 19.9 Å². The van der Waals surface area contributed by atoms with Crippen LogP contribution in [0.25, 0.3) is 0 Å². The maximum atomic E-state index is 10.9. The van der Waals surface area contributed by atoms with E-state index >= 15 is 0 Å². The standard InChI is InChI=1S/C12H13N3O2S/c1-8-10(4-3-5-12(8)15(16)17)14-9(2)11-6-18-7-13-11/h3-7,9,14H,1-2H3. The lowest BCUT2D eigenvalue weighted by atomic mass is 10.1. The van der Waals surface area contributed by atoms with E-state index in [1.807, 2.05) is 18.4 Å². The fourth-order valence-corrected chi connectivity index (χ4v) is 2.37. The number of nitro benzene ring substituents is 1. The highest BCUT2D eigenvalue weighted by atomic mass is 32.1. The number of nitrogens with zero attached hydrogens (tertiary/aromatic N) is 2. The Morgan fingerprint density at radius 3 is 2.89 bits per heavy atom. The van der Waals surface area contributed by atoms with Crippen LogP contribution < -0.4 is 5.32 Å². The summed E-state index contributed by atoms with van der Waals surface area (Å²) < 4.78 is 0. The zero-order chi connectivity index (χ0) is 13.1. The van der Waals surface area contributed by atoms with Crippen LogP contribution >= 0.6 is 11.3 Å². The van der Waals surface area contributed by atoms with Crippen molar-refractivity contribution in [2.24, 2.45) is 0 Å². The van der Waals surface area contributed by atoms with E-state index < -0.39 is 0 Å². The van der Waals surface area contributed by atoms with E-state index in [1.54, 1.807) is 18.5 Å². The molecule has 2 aromatic rings. The molecule has 18 heavy (non-hydrogen) atoms. The van der Waals surface area contributed by atoms with Gasteiger partial charge < -0.3 is 5.32 Å². The molecule has 1 unspecified atom stereocenters. The summed E-state index contributed by atoms with van der Waals surface area (Å²) in [5.74, 6) is 0. The van der Waals surface area contributed by atoms with Crippen molar-refractivity contribution in [3.05, 3.63) is 50.5 Å². The highest BCUT2D eigenvalue weighted by Crippen LogP contribution is 2.28. The minimum absolute atomic E-state index is 0.0250. The largest absolute Gasteiger partial charge is 0.376 e. The Kier molecular flexibility index (Phi) is 3.57. The Morgan fingerprint density at radius 1 is 1.50 bits per heavy atom. The van der Waals surface area contributed by atoms with E-state index in [0.717, 1.165) is 11.4 Å². The van der Waals surface area contributed by atoms with Crippen LogP contribution in [0.1, 0.15) is 24.2 Å². The Hall–Kier alpha value is -1.95. The van der Waals surface area contributed by atoms with Crippen LogP contribution in [0.3, 0.4) is 0 Å². The fourth-order valence-electron chi connectivity index (χ4n) is 1.72. The van der Waals surface area contributed by atoms with Gasteiger partial charge in [-0.25, -0.2) is 4.98 Å². The summed E-state index contributed by atoms with van der Waals surface area (Å²) in [6.45, 7) is 3.72. The number of hydrogen-bond acceptors (Lipinski definition) is 5. The van der Waals surface area contributed by atoms with Crippen LogP contribution in [-0.2, 0) is 0 Å². The molecule has 0 aliphatic heterocycles. The van der Waals surface area contributed by atoms with Gasteiger partial charge in [0.05, 0.1) is 22.2 Å². The summed E-state index contributed by atoms with van der Waals surface area (Å²) in [5, 5.41) is 16.1. The number of thiazole rings is 1. The minimum Gasteiger partial charge on any atom is -0.376 e. The number of aromatic nitrogens is 1. The number of nitro groups is 1. The van der Waals surface area contributed by atoms with Crippen LogP contribution in [0.2, 0.25) is 0 Å². The summed E-state index contributed by atoms with van der Waals surface area (Å²) in [7, 11) is 0. The summed E-state index contributed by atoms with van der Waals surface area (Å²) in [6.07, 6.45) is 0. The highest BCUT2D eigenvalue weighted by Gasteiger charge is 2.15. The monoisotopic (exact) mass is 263 g/mol. The molecule has 6 heteroatoms. The van der Waals surface area contributed by atoms with Crippen LogP contribution in [0.4, 0.5) is 11.4 Å². The molecular formula is C12H13N3O2S. The van der Waals surface area contributed by atoms with Gasteiger partial charge in [-0.1, -0.05) is 6.07 Å². The molecule has 1 atom stereocenters. The van der Waals surface area contributed by atoms with Crippen molar-refractivity contribution in [3.8, 4) is 0 Å². The lowest BCUT2D eigenvalue weighted by molar-refractivity contribution is -0.385. The lowest BCUT2D eigenvalue weighted by Gasteiger charge is -2.15. The maximum absolute atomic E-state index is 10.9. The van der Waals surface area contributed by atoms with Gasteiger partial charge in [-0.15, -0.1) is 11.3 Å². The van der Waals surface area contributed by atoms with Crippen molar-refractivity contribution in [3.63, 3.8) is 0 Å². The minimum atomic E-state index is -0.367. The smallest absolute Gasteiger partial charge is 0.274 e. The molecule has 1 heterocycles. The SMILES string of the molecule is Cc1c(NC(C)c2cscn2)cccc1[N+](=O)[O-]. The molecule has 0 aliphatic carbocycles. The van der Waals surface area contributed by atoms with Crippen molar-refractivity contribution in [2.45, 2.75) is 19.9 Å². The number of hydrogen-bond donors (Lipinski definition) is 1. The number of rotatable bonds is 4. The first-order valence-corrected chi connectivity index (χ1v) is 6.42. The number of anilines is 1. The second-order valence-corrected chi connectivity index (χ2v) is 4.70. The molecule has 0 saturated heterocycles. The summed E-state index contributed by atoms with van der Waals surface area (Å²) in [6, 6.07) is 5.05. The predicted octanol–water partition coefficient (Wildman–Crippen LogP) is 3.53. The Bertz CT molecular complexity index is 554. The molecule has 2 rings (SSSR count). The molecule has 94 valence electrons. The number of benzene rings is 1. The van der Waals surface area contributed by atoms with Gasteiger partial charge in [0.2, 0.25) is 0 Å². The van der Waals surface area contributed by atoms with E-state index in [4.69, 9.17) is 0 Å². The first kappa shape index (κ1) is 12.5. The first-order valence-electron chi connectivity index (χ1n) is 5.48. The molecule has 0 saturated carbocycles. The molecule has 0 bridgehead atoms. The Labute approximate surface area is 109 Å². The third-order valence-corrected chi connectivity index (χ3v) is 3.37. The Morgan fingerprint density at radius 2 is 2.28 bits per heavy atom. The molecule has 0 aliphatic rings. The van der Waals surface area contributed by atoms with Gasteiger partial charge >= 0.3 is 0 Å². The topological polar surface area (TPSA) is 68.1 Å². The zero-order valence-corrected chi connectivity index (χ0v) is 10.9. The van der Waals surface area contributed by atoms with Crippen molar-refractivity contribution in [2.75, 3.05) is 5.32 Å². The van der Waals surface area contributed by atoms with Crippen molar-refractivity contribution in [1.82, 2.24) is 4.98 Å². The summed E-state index contributed by atoms with van der Waals surface area (Å²) in [4.78, 5) is 14.7. The summed E-state index contributed by atoms with van der Waals surface area (Å²) >= 11 is 1.53. The lowest BCUT2D eigenvalue weighted by Crippen LogP contribution is -2.08. The average Bonchev–Trinajstić information content (AvgIpc) is 2.85. The van der Waals surface area contributed by atoms with Gasteiger partial charge in [0.25, 0.3) is 5.69 Å². The van der Waals surface area contributed by atoms with E-state index in [1.165, 1.54) is 17.4 Å². The van der Waals surface area contributed by atoms with Crippen LogP contribution in [0, 0.1) is 17.0 Å². The molecular weight excluding hydrogens is 250 g/mol. The second-order valence-electron chi connectivity index (χ2n) is 3.99. The van der Waals surface area contributed by atoms with E-state index in [-0.39, 0.29) is 16.7 Å². The van der Waals surface area contributed by atoms with Crippen LogP contribution in [-0.4, -0.2) is 9.91 Å². The average molecular weight is 263 g/mol. The quantitative estimate of drug-likeness (QED) is 0.676. The van der Waals surface area contributed by atoms with Gasteiger partial charge in [-0.3, -0.25) is 10.1 Å². The second kappa shape index (κ2) is 5.14. The van der Waals surface area contributed by atoms with Gasteiger partial charge in [0.15, 0.2) is 0 Å².